The Kier molecular flexibility index (Phi) is 11.9. The Labute approximate surface area is 329 Å². The fourth-order valence-electron chi connectivity index (χ4n) is 8.00. The third kappa shape index (κ3) is 7.91. The topological polar surface area (TPSA) is 175 Å². The zero-order valence-corrected chi connectivity index (χ0v) is 32.9. The van der Waals surface area contributed by atoms with E-state index in [0.717, 1.165) is 12.8 Å². The summed E-state index contributed by atoms with van der Waals surface area (Å²) < 4.78 is 27.6. The number of carbonyl (C=O) groups excluding carboxylic acids is 5. The normalized spacial score (nSPS) is 22.3. The molecule has 0 bridgehead atoms. The van der Waals surface area contributed by atoms with Crippen LogP contribution in [0.1, 0.15) is 75.7 Å². The Balaban J connectivity index is 1.33. The molecule has 6 atom stereocenters. The van der Waals surface area contributed by atoms with E-state index in [4.69, 9.17) is 11.5 Å². The largest absolute Gasteiger partial charge is 0.357 e. The number of nitrogens with one attached hydrogen (secondary N) is 1. The van der Waals surface area contributed by atoms with E-state index in [9.17, 15) is 32.8 Å². The lowest BCUT2D eigenvalue weighted by Gasteiger charge is -2.50. The van der Waals surface area contributed by atoms with Crippen LogP contribution in [-0.4, -0.2) is 105 Å². The molecule has 6 rings (SSSR count). The van der Waals surface area contributed by atoms with Crippen molar-refractivity contribution in [3.63, 3.8) is 0 Å². The summed E-state index contributed by atoms with van der Waals surface area (Å²) in [7, 11) is 1.46. The minimum Gasteiger partial charge on any atom is -0.357 e. The molecule has 0 radical (unpaired) electrons. The number of halogens is 2. The van der Waals surface area contributed by atoms with E-state index >= 15 is 0 Å². The van der Waals surface area contributed by atoms with Crippen LogP contribution >= 0.6 is 11.3 Å². The van der Waals surface area contributed by atoms with E-state index in [1.165, 1.54) is 100 Å². The fourth-order valence-corrected chi connectivity index (χ4v) is 8.58. The quantitative estimate of drug-likeness (QED) is 0.237. The highest BCUT2D eigenvalue weighted by Gasteiger charge is 2.53. The Bertz CT molecular complexity index is 1920. The maximum Gasteiger partial charge on any atom is 0.247 e. The lowest BCUT2D eigenvalue weighted by atomic mass is 9.88. The molecule has 2 aromatic carbocycles. The van der Waals surface area contributed by atoms with Gasteiger partial charge in [0.15, 0.2) is 0 Å². The van der Waals surface area contributed by atoms with E-state index in [0.29, 0.717) is 36.1 Å². The molecule has 5 amide bonds. The van der Waals surface area contributed by atoms with Crippen LogP contribution in [0.4, 0.5) is 8.78 Å². The highest BCUT2D eigenvalue weighted by molar-refractivity contribution is 7.07. The summed E-state index contributed by atoms with van der Waals surface area (Å²) in [6, 6.07) is 6.53. The van der Waals surface area contributed by atoms with Crippen LogP contribution in [0.25, 0.3) is 0 Å². The highest BCUT2D eigenvalue weighted by Crippen LogP contribution is 2.39. The Morgan fingerprint density at radius 1 is 0.839 bits per heavy atom. The van der Waals surface area contributed by atoms with Gasteiger partial charge in [-0.1, -0.05) is 50.5 Å². The molecule has 3 aliphatic rings. The van der Waals surface area contributed by atoms with Gasteiger partial charge in [0.05, 0.1) is 11.2 Å². The van der Waals surface area contributed by atoms with Gasteiger partial charge in [-0.25, -0.2) is 13.8 Å². The van der Waals surface area contributed by atoms with E-state index in [-0.39, 0.29) is 32.1 Å². The van der Waals surface area contributed by atoms with Crippen LogP contribution in [0.2, 0.25) is 0 Å². The van der Waals surface area contributed by atoms with Crippen LogP contribution in [0.5, 0.6) is 0 Å². The second kappa shape index (κ2) is 16.4. The number of aromatic nitrogens is 1. The molecular weight excluding hydrogens is 743 g/mol. The fraction of sp³-hybridized carbons (Fsp3) is 0.500. The Morgan fingerprint density at radius 3 is 1.80 bits per heavy atom. The van der Waals surface area contributed by atoms with E-state index in [2.05, 4.69) is 10.3 Å². The summed E-state index contributed by atoms with van der Waals surface area (Å²) in [6.07, 6.45) is 2.99. The van der Waals surface area contributed by atoms with Crippen LogP contribution in [0.3, 0.4) is 0 Å². The molecule has 1 aromatic heterocycles. The van der Waals surface area contributed by atoms with Gasteiger partial charge in [0, 0.05) is 38.6 Å². The molecule has 13 nitrogen and oxygen atoms in total. The third-order valence-electron chi connectivity index (χ3n) is 11.4. The van der Waals surface area contributed by atoms with Crippen molar-refractivity contribution in [2.75, 3.05) is 33.2 Å². The monoisotopic (exact) mass is 792 g/mol. The summed E-state index contributed by atoms with van der Waals surface area (Å²) in [5.74, 6) is -3.16. The van der Waals surface area contributed by atoms with Crippen molar-refractivity contribution in [3.05, 3.63) is 87.9 Å². The number of nitrogens with two attached hydrogens (primary N) is 2. The summed E-state index contributed by atoms with van der Waals surface area (Å²) in [5.41, 5.74) is 12.9. The average Bonchev–Trinajstić information content (AvgIpc) is 3.84. The number of carbonyl (C=O) groups is 5. The molecule has 1 aliphatic carbocycles. The third-order valence-corrected chi connectivity index (χ3v) is 12.0. The van der Waals surface area contributed by atoms with E-state index < -0.39 is 76.4 Å². The number of hydrogen-bond acceptors (Lipinski definition) is 9. The second-order valence-corrected chi connectivity index (χ2v) is 16.1. The van der Waals surface area contributed by atoms with Gasteiger partial charge < -0.3 is 36.4 Å². The summed E-state index contributed by atoms with van der Waals surface area (Å²) >= 11 is 1.28. The van der Waals surface area contributed by atoms with Gasteiger partial charge in [-0.2, -0.15) is 0 Å². The first-order chi connectivity index (χ1) is 26.6. The maximum atomic E-state index is 14.8. The van der Waals surface area contributed by atoms with Crippen LogP contribution in [-0.2, 0) is 35.1 Å². The molecule has 3 aromatic rings. The predicted molar refractivity (Wildman–Crippen MR) is 205 cm³/mol. The van der Waals surface area contributed by atoms with E-state index in [1.807, 2.05) is 6.92 Å². The maximum absolute atomic E-state index is 14.8. The molecule has 300 valence electrons. The van der Waals surface area contributed by atoms with E-state index in [1.54, 1.807) is 10.9 Å². The number of nitrogens with zero attached hydrogens (tertiary/aromatic N) is 5. The molecule has 0 spiro atoms. The van der Waals surface area contributed by atoms with Crippen LogP contribution < -0.4 is 16.8 Å². The average molecular weight is 793 g/mol. The second-order valence-electron chi connectivity index (χ2n) is 15.4. The zero-order valence-electron chi connectivity index (χ0n) is 32.1. The molecule has 2 saturated heterocycles. The molecule has 16 heteroatoms. The van der Waals surface area contributed by atoms with Crippen molar-refractivity contribution in [3.8, 4) is 0 Å². The summed E-state index contributed by atoms with van der Waals surface area (Å²) in [5, 5.41) is 4.44. The number of piperazine rings is 2. The summed E-state index contributed by atoms with van der Waals surface area (Å²) in [4.78, 5) is 82.7. The van der Waals surface area contributed by atoms with Crippen molar-refractivity contribution in [2.45, 2.75) is 88.1 Å². The van der Waals surface area contributed by atoms with Crippen molar-refractivity contribution in [1.29, 1.82) is 0 Å². The molecule has 1 saturated carbocycles. The van der Waals surface area contributed by atoms with Gasteiger partial charge in [0.25, 0.3) is 0 Å². The van der Waals surface area contributed by atoms with Gasteiger partial charge in [-0.3, -0.25) is 24.0 Å². The first-order valence-electron chi connectivity index (χ1n) is 19.0. The Morgan fingerprint density at radius 2 is 1.34 bits per heavy atom. The van der Waals surface area contributed by atoms with Crippen LogP contribution in [0, 0.1) is 17.6 Å². The molecule has 3 fully saturated rings. The Hall–Kier alpha value is -4.80. The van der Waals surface area contributed by atoms with Gasteiger partial charge in [0.2, 0.25) is 29.5 Å². The number of benzene rings is 2. The molecule has 56 heavy (non-hydrogen) atoms. The van der Waals surface area contributed by atoms with Gasteiger partial charge in [-0.05, 0) is 68.0 Å². The molecule has 3 heterocycles. The van der Waals surface area contributed by atoms with Gasteiger partial charge in [0.1, 0.15) is 46.9 Å². The smallest absolute Gasteiger partial charge is 0.247 e. The number of amides is 5. The summed E-state index contributed by atoms with van der Waals surface area (Å²) in [6.45, 7) is 5.05. The van der Waals surface area contributed by atoms with Crippen molar-refractivity contribution in [1.82, 2.24) is 29.9 Å². The molecule has 5 N–H and O–H groups in total. The minimum atomic E-state index is -1.57. The van der Waals surface area contributed by atoms with Crippen molar-refractivity contribution in [2.24, 2.45) is 17.4 Å². The molecular formula is C40H50F2N8O5S. The lowest BCUT2D eigenvalue weighted by molar-refractivity contribution is -0.165. The molecule has 3 unspecified atom stereocenters. The highest BCUT2D eigenvalue weighted by atomic mass is 32.1. The van der Waals surface area contributed by atoms with Crippen LogP contribution in [0.15, 0.2) is 59.4 Å². The first kappa shape index (κ1) is 40.9. The number of hydrogen-bond donors (Lipinski definition) is 3. The molecule has 2 aliphatic heterocycles. The number of likely N-dealkylation sites (N-methyl/N-ethyl adjacent to an activating group) is 1. The standard InChI is InChI=1S/C40H50F2N8O5S/c1-5-6-30-35(52)49(19-17-47(30)37(54)39(2,43)25-9-13-27(41)14-10-25)32(29-22-56-23-46-29)33(34(51)45-4)50-20-18-48(31(36(50)53)21-24-7-8-24)38(55)40(3,44)26-11-15-28(42)16-12-26/h9-16,22-24,30-33H,5-8,17-21,43-44H2,1-4H3,(H,45,51)/t30-,31-,32+,33?,39?,40?/m0/s1. The zero-order chi connectivity index (χ0) is 40.5. The van der Waals surface area contributed by atoms with Crippen molar-refractivity contribution < 1.29 is 32.8 Å². The van der Waals surface area contributed by atoms with Crippen molar-refractivity contribution >= 4 is 40.9 Å². The van der Waals surface area contributed by atoms with Gasteiger partial charge in [-0.15, -0.1) is 11.3 Å². The minimum absolute atomic E-state index is 0.00130. The number of thiazole rings is 1. The first-order valence-corrected chi connectivity index (χ1v) is 20.0. The SMILES string of the molecule is CCC[C@H]1C(=O)N([C@H](c2cscn2)C(C(=O)NC)N2CCN(C(=O)C(C)(N)c3ccc(F)cc3)[C@@H](CC3CC3)C2=O)CCN1C(=O)C(C)(N)c1ccc(F)cc1. The lowest BCUT2D eigenvalue weighted by Crippen LogP contribution is -2.69. The van der Waals surface area contributed by atoms with Gasteiger partial charge >= 0.3 is 0 Å². The number of rotatable bonds is 13. The predicted octanol–water partition coefficient (Wildman–Crippen LogP) is 3.00.